The van der Waals surface area contributed by atoms with Gasteiger partial charge in [-0.3, -0.25) is 9.69 Å². The van der Waals surface area contributed by atoms with E-state index in [1.807, 2.05) is 36.1 Å². The van der Waals surface area contributed by atoms with E-state index in [0.717, 1.165) is 53.3 Å². The normalized spacial score (nSPS) is 21.0. The number of hydrogen-bond acceptors (Lipinski definition) is 7. The molecule has 1 atom stereocenters. The molecule has 0 radical (unpaired) electrons. The molecule has 1 aromatic heterocycles. The zero-order valence-corrected chi connectivity index (χ0v) is 21.8. The van der Waals surface area contributed by atoms with Crippen molar-refractivity contribution in [3.8, 4) is 17.9 Å². The van der Waals surface area contributed by atoms with Crippen LogP contribution in [0.3, 0.4) is 0 Å². The molecule has 2 heterocycles. The van der Waals surface area contributed by atoms with Crippen LogP contribution in [0.1, 0.15) is 73.9 Å². The summed E-state index contributed by atoms with van der Waals surface area (Å²) < 4.78 is 5.60. The predicted molar refractivity (Wildman–Crippen MR) is 140 cm³/mol. The number of carbonyl (C=O) groups is 1. The Morgan fingerprint density at radius 1 is 1.14 bits per heavy atom. The van der Waals surface area contributed by atoms with Crippen LogP contribution in [0.15, 0.2) is 46.9 Å². The van der Waals surface area contributed by atoms with Gasteiger partial charge in [0.05, 0.1) is 29.7 Å². The summed E-state index contributed by atoms with van der Waals surface area (Å²) in [6, 6.07) is 12.3. The zero-order chi connectivity index (χ0) is 25.6. The maximum atomic E-state index is 13.7. The van der Waals surface area contributed by atoms with E-state index >= 15 is 0 Å². The van der Waals surface area contributed by atoms with Crippen molar-refractivity contribution in [2.45, 2.75) is 65.2 Å². The molecule has 0 spiro atoms. The quantitative estimate of drug-likeness (QED) is 0.568. The lowest BCUT2D eigenvalue weighted by molar-refractivity contribution is -0.118. The van der Waals surface area contributed by atoms with Crippen molar-refractivity contribution in [3.05, 3.63) is 68.5 Å². The Bertz CT molecular complexity index is 1380. The van der Waals surface area contributed by atoms with Gasteiger partial charge in [-0.15, -0.1) is 11.3 Å². The largest absolute Gasteiger partial charge is 0.494 e. The van der Waals surface area contributed by atoms with Crippen LogP contribution in [-0.4, -0.2) is 12.4 Å². The number of ketones is 1. The number of nitrogens with zero attached hydrogens (tertiary/aromatic N) is 3. The molecule has 184 valence electrons. The molecule has 0 bridgehead atoms. The van der Waals surface area contributed by atoms with Crippen molar-refractivity contribution in [2.24, 2.45) is 11.1 Å². The van der Waals surface area contributed by atoms with E-state index in [-0.39, 0.29) is 11.2 Å². The Labute approximate surface area is 216 Å². The first-order chi connectivity index (χ1) is 17.3. The zero-order valence-electron chi connectivity index (χ0n) is 21.0. The third kappa shape index (κ3) is 3.88. The van der Waals surface area contributed by atoms with E-state index in [0.29, 0.717) is 42.0 Å². The van der Waals surface area contributed by atoms with Crippen LogP contribution in [0.5, 0.6) is 5.75 Å². The van der Waals surface area contributed by atoms with E-state index < -0.39 is 5.92 Å². The minimum atomic E-state index is -0.541. The number of Topliss-reactive ketones (excluding diaryl/α,β-unsaturated/α-hetero) is 1. The Kier molecular flexibility index (Phi) is 6.14. The summed E-state index contributed by atoms with van der Waals surface area (Å²) in [7, 11) is 0. The Morgan fingerprint density at radius 3 is 2.53 bits per heavy atom. The van der Waals surface area contributed by atoms with E-state index in [1.165, 1.54) is 4.88 Å². The van der Waals surface area contributed by atoms with Crippen molar-refractivity contribution in [2.75, 3.05) is 11.5 Å². The fourth-order valence-electron chi connectivity index (χ4n) is 5.82. The van der Waals surface area contributed by atoms with Crippen molar-refractivity contribution >= 4 is 22.1 Å². The van der Waals surface area contributed by atoms with Gasteiger partial charge in [0.25, 0.3) is 0 Å². The third-order valence-corrected chi connectivity index (χ3v) is 8.65. The lowest BCUT2D eigenvalue weighted by Gasteiger charge is -2.43. The van der Waals surface area contributed by atoms with Gasteiger partial charge in [-0.1, -0.05) is 26.0 Å². The van der Waals surface area contributed by atoms with Crippen molar-refractivity contribution in [1.82, 2.24) is 0 Å². The second-order valence-corrected chi connectivity index (χ2v) is 11.6. The lowest BCUT2D eigenvalue weighted by Crippen LogP contribution is -2.42. The summed E-state index contributed by atoms with van der Waals surface area (Å²) in [4.78, 5) is 16.8. The van der Waals surface area contributed by atoms with Gasteiger partial charge in [0, 0.05) is 22.6 Å². The van der Waals surface area contributed by atoms with Gasteiger partial charge in [0.1, 0.15) is 22.6 Å². The van der Waals surface area contributed by atoms with Crippen LogP contribution < -0.4 is 15.4 Å². The number of thiophene rings is 1. The first-order valence-corrected chi connectivity index (χ1v) is 13.3. The molecule has 0 saturated carbocycles. The number of hydrogen-bond donors (Lipinski definition) is 1. The topological polar surface area (TPSA) is 103 Å². The van der Waals surface area contributed by atoms with Crippen molar-refractivity contribution < 1.29 is 9.53 Å². The number of fused-ring (bicyclic) bond motifs is 1. The molecule has 2 aliphatic carbocycles. The number of rotatable bonds is 4. The number of ether oxygens (including phenoxy) is 1. The predicted octanol–water partition coefficient (Wildman–Crippen LogP) is 5.84. The SMILES string of the molecule is CCOc1ccc(C2C(C#N)=C(N)N(c3sc4c(c3C#N)CCCC4)C3=C2C(=O)CC(C)(C)C3)cc1. The Morgan fingerprint density at radius 2 is 1.86 bits per heavy atom. The number of nitriles is 2. The second kappa shape index (κ2) is 9.15. The molecule has 0 saturated heterocycles. The first kappa shape index (κ1) is 24.2. The number of allylic oxidation sites excluding steroid dienone is 3. The smallest absolute Gasteiger partial charge is 0.162 e. The van der Waals surface area contributed by atoms with Crippen LogP contribution in [0.4, 0.5) is 5.00 Å². The van der Waals surface area contributed by atoms with Crippen molar-refractivity contribution in [3.63, 3.8) is 0 Å². The molecule has 1 unspecified atom stereocenters. The fraction of sp³-hybridized carbons (Fsp3) is 0.414. The van der Waals surface area contributed by atoms with Gasteiger partial charge in [-0.2, -0.15) is 10.5 Å². The van der Waals surface area contributed by atoms with E-state index in [9.17, 15) is 15.3 Å². The Balaban J connectivity index is 1.74. The summed E-state index contributed by atoms with van der Waals surface area (Å²) in [5, 5.41) is 21.2. The highest BCUT2D eigenvalue weighted by Crippen LogP contribution is 2.52. The lowest BCUT2D eigenvalue weighted by atomic mass is 9.68. The monoisotopic (exact) mass is 498 g/mol. The molecule has 36 heavy (non-hydrogen) atoms. The van der Waals surface area contributed by atoms with E-state index in [4.69, 9.17) is 10.5 Å². The molecule has 1 aromatic carbocycles. The molecular formula is C29H30N4O2S. The highest BCUT2D eigenvalue weighted by Gasteiger charge is 2.45. The van der Waals surface area contributed by atoms with Crippen LogP contribution >= 0.6 is 11.3 Å². The average molecular weight is 499 g/mol. The number of carbonyl (C=O) groups excluding carboxylic acids is 1. The highest BCUT2D eigenvalue weighted by molar-refractivity contribution is 7.16. The summed E-state index contributed by atoms with van der Waals surface area (Å²) in [6.45, 7) is 6.66. The molecular weight excluding hydrogens is 468 g/mol. The molecule has 3 aliphatic rings. The number of nitrogens with two attached hydrogens (primary N) is 1. The number of benzene rings is 1. The van der Waals surface area contributed by atoms with Crippen LogP contribution in [0.2, 0.25) is 0 Å². The maximum Gasteiger partial charge on any atom is 0.162 e. The third-order valence-electron chi connectivity index (χ3n) is 7.37. The average Bonchev–Trinajstić information content (AvgIpc) is 3.21. The van der Waals surface area contributed by atoms with Gasteiger partial charge < -0.3 is 10.5 Å². The number of aryl methyl sites for hydroxylation is 1. The maximum absolute atomic E-state index is 13.7. The fourth-order valence-corrected chi connectivity index (χ4v) is 7.20. The molecule has 2 N–H and O–H groups in total. The van der Waals surface area contributed by atoms with Crippen LogP contribution in [-0.2, 0) is 17.6 Å². The van der Waals surface area contributed by atoms with Gasteiger partial charge in [-0.25, -0.2) is 0 Å². The van der Waals surface area contributed by atoms with Gasteiger partial charge >= 0.3 is 0 Å². The molecule has 2 aromatic rings. The Hall–Kier alpha value is -3.55. The van der Waals surface area contributed by atoms with Gasteiger partial charge in [0.15, 0.2) is 5.78 Å². The molecule has 0 fully saturated rings. The second-order valence-electron chi connectivity index (χ2n) is 10.5. The first-order valence-electron chi connectivity index (χ1n) is 12.5. The number of anilines is 1. The molecule has 1 aliphatic heterocycles. The standard InChI is InChI=1S/C29H30N4O2S/c1-4-35-18-11-9-17(10-12-18)25-21(16-31)27(32)33(22-13-29(2,3)14-23(34)26(22)25)28-20(15-30)19-7-5-6-8-24(19)36-28/h9-12,25H,4-8,13-14,32H2,1-3H3. The molecule has 0 amide bonds. The summed E-state index contributed by atoms with van der Waals surface area (Å²) >= 11 is 1.59. The summed E-state index contributed by atoms with van der Waals surface area (Å²) in [6.07, 6.45) is 5.02. The highest BCUT2D eigenvalue weighted by atomic mass is 32.1. The molecule has 6 nitrogen and oxygen atoms in total. The van der Waals surface area contributed by atoms with Gasteiger partial charge in [0.2, 0.25) is 0 Å². The van der Waals surface area contributed by atoms with E-state index in [1.54, 1.807) is 11.3 Å². The molecule has 7 heteroatoms. The van der Waals surface area contributed by atoms with Crippen LogP contribution in [0.25, 0.3) is 0 Å². The van der Waals surface area contributed by atoms with Gasteiger partial charge in [-0.05, 0) is 67.7 Å². The minimum absolute atomic E-state index is 0.0326. The summed E-state index contributed by atoms with van der Waals surface area (Å²) in [5.74, 6) is 0.545. The van der Waals surface area contributed by atoms with E-state index in [2.05, 4.69) is 26.0 Å². The van der Waals surface area contributed by atoms with Crippen LogP contribution in [0, 0.1) is 28.1 Å². The molecule has 5 rings (SSSR count). The summed E-state index contributed by atoms with van der Waals surface area (Å²) in [5.41, 5.74) is 10.9. The van der Waals surface area contributed by atoms with Crippen molar-refractivity contribution in [1.29, 1.82) is 10.5 Å². The minimum Gasteiger partial charge on any atom is -0.494 e.